The van der Waals surface area contributed by atoms with Gasteiger partial charge in [-0.3, -0.25) is 9.80 Å². The monoisotopic (exact) mass is 437 g/mol. The second-order valence-corrected chi connectivity index (χ2v) is 8.87. The smallest absolute Gasteiger partial charge is 0.231 e. The van der Waals surface area contributed by atoms with Gasteiger partial charge >= 0.3 is 0 Å². The van der Waals surface area contributed by atoms with E-state index in [-0.39, 0.29) is 0 Å². The molecule has 0 amide bonds. The van der Waals surface area contributed by atoms with Crippen molar-refractivity contribution < 1.29 is 4.52 Å². The number of hydrogen-bond acceptors (Lipinski definition) is 5. The number of piperazine rings is 1. The zero-order valence-electron chi connectivity index (χ0n) is 18.6. The van der Waals surface area contributed by atoms with Crippen molar-refractivity contribution in [1.82, 2.24) is 24.9 Å². The fourth-order valence-corrected chi connectivity index (χ4v) is 4.77. The molecule has 1 fully saturated rings. The van der Waals surface area contributed by atoms with Crippen LogP contribution in [0.5, 0.6) is 0 Å². The molecule has 6 heteroatoms. The highest BCUT2D eigenvalue weighted by atomic mass is 16.5. The van der Waals surface area contributed by atoms with E-state index in [1.54, 1.807) is 0 Å². The van der Waals surface area contributed by atoms with Crippen molar-refractivity contribution in [3.63, 3.8) is 0 Å². The number of fused-ring (bicyclic) bond motifs is 2. The Balaban J connectivity index is 1.03. The number of aromatic nitrogens is 3. The number of hydrogen-bond donors (Lipinski definition) is 1. The lowest BCUT2D eigenvalue weighted by atomic mass is 10.1. The Morgan fingerprint density at radius 1 is 0.818 bits per heavy atom. The second-order valence-electron chi connectivity index (χ2n) is 8.87. The lowest BCUT2D eigenvalue weighted by Gasteiger charge is -2.34. The molecule has 0 aliphatic carbocycles. The molecule has 1 aliphatic heterocycles. The summed E-state index contributed by atoms with van der Waals surface area (Å²) in [5.41, 5.74) is 3.69. The largest absolute Gasteiger partial charge is 0.361 e. The minimum atomic E-state index is 0.649. The minimum Gasteiger partial charge on any atom is -0.361 e. The van der Waals surface area contributed by atoms with Crippen LogP contribution < -0.4 is 0 Å². The number of benzene rings is 3. The van der Waals surface area contributed by atoms with E-state index in [9.17, 15) is 0 Å². The van der Waals surface area contributed by atoms with Crippen molar-refractivity contribution in [2.75, 3.05) is 26.2 Å². The topological polar surface area (TPSA) is 61.2 Å². The summed E-state index contributed by atoms with van der Waals surface area (Å²) in [6.45, 7) is 5.86. The molecule has 0 spiro atoms. The van der Waals surface area contributed by atoms with Crippen LogP contribution in [0, 0.1) is 0 Å². The maximum absolute atomic E-state index is 5.55. The van der Waals surface area contributed by atoms with Crippen LogP contribution in [0.1, 0.15) is 22.8 Å². The van der Waals surface area contributed by atoms with E-state index >= 15 is 0 Å². The molecule has 0 bridgehead atoms. The number of rotatable bonds is 6. The predicted molar refractivity (Wildman–Crippen MR) is 130 cm³/mol. The van der Waals surface area contributed by atoms with Crippen LogP contribution in [0.15, 0.2) is 77.4 Å². The number of nitrogens with one attached hydrogen (secondary N) is 1. The highest BCUT2D eigenvalue weighted by Gasteiger charge is 2.19. The fourth-order valence-electron chi connectivity index (χ4n) is 4.77. The average molecular weight is 438 g/mol. The van der Waals surface area contributed by atoms with Crippen LogP contribution in [0.2, 0.25) is 0 Å². The third kappa shape index (κ3) is 4.40. The van der Waals surface area contributed by atoms with Gasteiger partial charge in [-0.2, -0.15) is 4.98 Å². The summed E-state index contributed by atoms with van der Waals surface area (Å²) in [4.78, 5) is 12.9. The van der Waals surface area contributed by atoms with Gasteiger partial charge in [0.25, 0.3) is 0 Å². The summed E-state index contributed by atoms with van der Waals surface area (Å²) in [7, 11) is 0. The van der Waals surface area contributed by atoms with Gasteiger partial charge in [0.2, 0.25) is 5.89 Å². The van der Waals surface area contributed by atoms with Gasteiger partial charge in [-0.15, -0.1) is 0 Å². The number of para-hydroxylation sites is 1. The third-order valence-corrected chi connectivity index (χ3v) is 6.58. The van der Waals surface area contributed by atoms with E-state index in [0.717, 1.165) is 50.6 Å². The highest BCUT2D eigenvalue weighted by Crippen LogP contribution is 2.21. The quantitative estimate of drug-likeness (QED) is 0.420. The van der Waals surface area contributed by atoms with Gasteiger partial charge in [0.15, 0.2) is 5.82 Å². The van der Waals surface area contributed by atoms with Gasteiger partial charge < -0.3 is 9.51 Å². The van der Waals surface area contributed by atoms with Gasteiger partial charge in [-0.25, -0.2) is 0 Å². The summed E-state index contributed by atoms with van der Waals surface area (Å²) in [5, 5.41) is 8.06. The van der Waals surface area contributed by atoms with Crippen LogP contribution in [0.25, 0.3) is 21.7 Å². The van der Waals surface area contributed by atoms with E-state index < -0.39 is 0 Å². The normalized spacial score (nSPS) is 15.5. The van der Waals surface area contributed by atoms with Crippen molar-refractivity contribution in [1.29, 1.82) is 0 Å². The molecule has 0 saturated carbocycles. The lowest BCUT2D eigenvalue weighted by molar-refractivity contribution is 0.119. The van der Waals surface area contributed by atoms with Gasteiger partial charge in [-0.1, -0.05) is 59.8 Å². The predicted octanol–water partition coefficient (Wildman–Crippen LogP) is 4.61. The van der Waals surface area contributed by atoms with Gasteiger partial charge in [0, 0.05) is 49.8 Å². The molecule has 166 valence electrons. The molecule has 6 nitrogen and oxygen atoms in total. The lowest BCUT2D eigenvalue weighted by Crippen LogP contribution is -2.45. The van der Waals surface area contributed by atoms with Gasteiger partial charge in [-0.05, 0) is 34.0 Å². The highest BCUT2D eigenvalue weighted by molar-refractivity contribution is 5.83. The fraction of sp³-hybridized carbons (Fsp3) is 0.259. The minimum absolute atomic E-state index is 0.649. The molecule has 3 aromatic carbocycles. The second kappa shape index (κ2) is 8.81. The van der Waals surface area contributed by atoms with Crippen LogP contribution >= 0.6 is 0 Å². The van der Waals surface area contributed by atoms with E-state index in [4.69, 9.17) is 4.52 Å². The summed E-state index contributed by atoms with van der Waals surface area (Å²) >= 11 is 0. The first-order chi connectivity index (χ1) is 16.3. The Morgan fingerprint density at radius 3 is 2.45 bits per heavy atom. The molecule has 33 heavy (non-hydrogen) atoms. The first-order valence-electron chi connectivity index (χ1n) is 11.6. The van der Waals surface area contributed by atoms with Crippen molar-refractivity contribution in [3.8, 4) is 0 Å². The van der Waals surface area contributed by atoms with Crippen LogP contribution in [0.4, 0.5) is 0 Å². The van der Waals surface area contributed by atoms with E-state index in [1.165, 1.54) is 27.3 Å². The van der Waals surface area contributed by atoms with Gasteiger partial charge in [0.1, 0.15) is 0 Å². The van der Waals surface area contributed by atoms with E-state index in [0.29, 0.717) is 12.3 Å². The third-order valence-electron chi connectivity index (χ3n) is 6.58. The molecule has 0 radical (unpaired) electrons. The zero-order valence-corrected chi connectivity index (χ0v) is 18.6. The first kappa shape index (κ1) is 20.1. The Hall–Kier alpha value is -3.48. The summed E-state index contributed by atoms with van der Waals surface area (Å²) in [5.74, 6) is 1.44. The Kier molecular flexibility index (Phi) is 5.38. The van der Waals surface area contributed by atoms with E-state index in [2.05, 4.69) is 85.6 Å². The maximum atomic E-state index is 5.55. The van der Waals surface area contributed by atoms with E-state index in [1.807, 2.05) is 12.3 Å². The van der Waals surface area contributed by atoms with Crippen LogP contribution in [0.3, 0.4) is 0 Å². The first-order valence-corrected chi connectivity index (χ1v) is 11.6. The summed E-state index contributed by atoms with van der Waals surface area (Å²) in [6, 6.07) is 23.6. The summed E-state index contributed by atoms with van der Waals surface area (Å²) < 4.78 is 5.55. The molecule has 6 rings (SSSR count). The Labute approximate surface area is 192 Å². The number of H-pyrrole nitrogens is 1. The summed E-state index contributed by atoms with van der Waals surface area (Å²) in [6.07, 6.45) is 2.68. The molecular weight excluding hydrogens is 410 g/mol. The van der Waals surface area contributed by atoms with Crippen molar-refractivity contribution >= 4 is 21.7 Å². The molecule has 1 saturated heterocycles. The molecule has 5 aromatic rings. The molecule has 1 aliphatic rings. The van der Waals surface area contributed by atoms with Crippen LogP contribution in [-0.4, -0.2) is 51.1 Å². The zero-order chi connectivity index (χ0) is 22.0. The Bertz CT molecular complexity index is 1380. The SMILES string of the molecule is c1ccc2cc(CN3CCN(Cc4noc(Cc5c[nH]c6ccccc56)n4)CC3)ccc2c1. The molecule has 1 N–H and O–H groups in total. The number of aromatic amines is 1. The molecular formula is C27H27N5O. The number of nitrogens with zero attached hydrogens (tertiary/aromatic N) is 4. The molecule has 2 aromatic heterocycles. The van der Waals surface area contributed by atoms with Gasteiger partial charge in [0.05, 0.1) is 13.0 Å². The molecule has 3 heterocycles. The Morgan fingerprint density at radius 2 is 1.58 bits per heavy atom. The molecule has 0 unspecified atom stereocenters. The standard InChI is InChI=1S/C27H27N5O/c1-2-6-22-15-20(9-10-21(22)5-1)18-31-11-13-32(14-12-31)19-26-29-27(33-30-26)16-23-17-28-25-8-4-3-7-24(23)25/h1-10,15,17,28H,11-14,16,18-19H2. The maximum Gasteiger partial charge on any atom is 0.231 e. The average Bonchev–Trinajstić information content (AvgIpc) is 3.47. The van der Waals surface area contributed by atoms with Crippen molar-refractivity contribution in [2.45, 2.75) is 19.5 Å². The van der Waals surface area contributed by atoms with Crippen molar-refractivity contribution in [2.24, 2.45) is 0 Å². The van der Waals surface area contributed by atoms with Crippen molar-refractivity contribution in [3.05, 3.63) is 95.8 Å². The molecule has 0 atom stereocenters. The van der Waals surface area contributed by atoms with Crippen LogP contribution in [-0.2, 0) is 19.5 Å².